The SMILES string of the molecule is CC1(C)COCOC1.CC1(C)OCOC1(C)C.CC1CC(C)(C)OCO1.CCCC[N+]12CCOC1OCC2.C[N+]12CC(=O)OB1OC(=O)C2.[B]1CCCCO1.c1ccc2c(c1)OCO2. The number of quaternary nitrogens is 2. The van der Waals surface area contributed by atoms with Crippen LogP contribution in [0.3, 0.4) is 0 Å². The number of carbonyl (C=O) groups excluding carboxylic acids is 2. The molecule has 0 bridgehead atoms. The molecule has 0 amide bonds. The number of ether oxygens (including phenoxy) is 10. The van der Waals surface area contributed by atoms with Crippen molar-refractivity contribution in [3.63, 3.8) is 0 Å². The minimum atomic E-state index is -0.685. The average Bonchev–Trinajstić information content (AvgIpc) is 4.08. The second kappa shape index (κ2) is 25.0. The highest BCUT2D eigenvalue weighted by atomic mass is 16.7. The highest BCUT2D eigenvalue weighted by Crippen LogP contribution is 2.34. The number of likely N-dealkylation sites (N-methyl/N-ethyl adjacent to an activating group) is 1. The monoisotopic (exact) mass is 910 g/mol. The van der Waals surface area contributed by atoms with E-state index < -0.39 is 7.25 Å². The van der Waals surface area contributed by atoms with E-state index in [1.165, 1.54) is 32.2 Å². The first-order valence-electron chi connectivity index (χ1n) is 23.0. The Kier molecular flexibility index (Phi) is 21.1. The van der Waals surface area contributed by atoms with Gasteiger partial charge < -0.3 is 51.9 Å². The summed E-state index contributed by atoms with van der Waals surface area (Å²) in [5, 5.41) is 0. The summed E-state index contributed by atoms with van der Waals surface area (Å²) in [6.45, 7) is 31.0. The molecule has 0 aromatic heterocycles. The van der Waals surface area contributed by atoms with E-state index in [1.807, 2.05) is 59.4 Å². The van der Waals surface area contributed by atoms with E-state index in [-0.39, 0.29) is 58.1 Å². The van der Waals surface area contributed by atoms with Gasteiger partial charge in [0, 0.05) is 18.4 Å². The maximum Gasteiger partial charge on any atom is 0.909 e. The van der Waals surface area contributed by atoms with Gasteiger partial charge in [0.2, 0.25) is 6.79 Å². The van der Waals surface area contributed by atoms with E-state index in [0.717, 1.165) is 74.8 Å². The minimum Gasteiger partial charge on any atom is -0.454 e. The summed E-state index contributed by atoms with van der Waals surface area (Å²) >= 11 is 0. The molecular weight excluding hydrogens is 830 g/mol. The van der Waals surface area contributed by atoms with Gasteiger partial charge in [-0.3, -0.25) is 18.4 Å². The summed E-state index contributed by atoms with van der Waals surface area (Å²) in [4.78, 5) is 21.5. The Labute approximate surface area is 383 Å². The summed E-state index contributed by atoms with van der Waals surface area (Å²) in [6, 6.07) is 7.63. The van der Waals surface area contributed by atoms with Crippen LogP contribution in [-0.4, -0.2) is 165 Å². The number of para-hydroxylation sites is 2. The Bertz CT molecular complexity index is 1480. The van der Waals surface area contributed by atoms with E-state index in [1.54, 1.807) is 7.05 Å². The first-order chi connectivity index (χ1) is 30.2. The fraction of sp³-hybridized carbons (Fsp3) is 0.822. The van der Waals surface area contributed by atoms with E-state index in [9.17, 15) is 9.59 Å². The molecule has 19 heteroatoms. The lowest BCUT2D eigenvalue weighted by Crippen LogP contribution is -2.49. The Morgan fingerprint density at radius 3 is 1.67 bits per heavy atom. The fourth-order valence-corrected chi connectivity index (χ4v) is 7.49. The summed E-state index contributed by atoms with van der Waals surface area (Å²) in [5.74, 6) is 1.09. The zero-order valence-electron chi connectivity index (χ0n) is 40.8. The van der Waals surface area contributed by atoms with E-state index in [4.69, 9.17) is 61.3 Å². The van der Waals surface area contributed by atoms with E-state index >= 15 is 0 Å². The Balaban J connectivity index is 0.000000165. The lowest BCUT2D eigenvalue weighted by atomic mass is 9.89. The Morgan fingerprint density at radius 1 is 0.734 bits per heavy atom. The molecule has 8 saturated heterocycles. The highest BCUT2D eigenvalue weighted by Gasteiger charge is 2.65. The molecule has 9 aliphatic rings. The predicted molar refractivity (Wildman–Crippen MR) is 239 cm³/mol. The van der Waals surface area contributed by atoms with Crippen molar-refractivity contribution in [1.29, 1.82) is 0 Å². The number of fused-ring (bicyclic) bond motifs is 3. The van der Waals surface area contributed by atoms with Gasteiger partial charge in [-0.2, -0.15) is 0 Å². The van der Waals surface area contributed by atoms with Crippen molar-refractivity contribution in [3.05, 3.63) is 24.3 Å². The molecule has 1 aromatic carbocycles. The van der Waals surface area contributed by atoms with Gasteiger partial charge in [-0.15, -0.1) is 0 Å². The van der Waals surface area contributed by atoms with Crippen molar-refractivity contribution >= 4 is 26.7 Å². The largest absolute Gasteiger partial charge is 0.909 e. The van der Waals surface area contributed by atoms with Crippen LogP contribution in [0.15, 0.2) is 24.3 Å². The molecule has 8 fully saturated rings. The second-order valence-electron chi connectivity index (χ2n) is 19.9. The van der Waals surface area contributed by atoms with Crippen LogP contribution in [0.4, 0.5) is 0 Å². The van der Waals surface area contributed by atoms with Crippen LogP contribution in [0.1, 0.15) is 101 Å². The minimum absolute atomic E-state index is 0.0255. The topological polar surface area (TPSA) is 154 Å². The molecule has 1 atom stereocenters. The van der Waals surface area contributed by atoms with Gasteiger partial charge >= 0.3 is 25.6 Å². The zero-order chi connectivity index (χ0) is 46.9. The van der Waals surface area contributed by atoms with Crippen molar-refractivity contribution < 1.29 is 79.8 Å². The molecule has 0 N–H and O–H groups in total. The van der Waals surface area contributed by atoms with Gasteiger partial charge in [-0.1, -0.05) is 52.1 Å². The molecule has 363 valence electrons. The molecule has 1 aromatic rings. The maximum absolute atomic E-state index is 10.7. The zero-order valence-corrected chi connectivity index (χ0v) is 40.8. The quantitative estimate of drug-likeness (QED) is 0.263. The van der Waals surface area contributed by atoms with Gasteiger partial charge in [0.05, 0.1) is 49.7 Å². The molecule has 0 aliphatic carbocycles. The summed E-state index contributed by atoms with van der Waals surface area (Å²) in [5.41, 5.74) is -0.00405. The highest BCUT2D eigenvalue weighted by molar-refractivity contribution is 6.45. The van der Waals surface area contributed by atoms with Crippen molar-refractivity contribution in [1.82, 2.24) is 0 Å². The van der Waals surface area contributed by atoms with Crippen molar-refractivity contribution in [2.45, 2.75) is 137 Å². The number of hydrogen-bond acceptors (Lipinski definition) is 15. The van der Waals surface area contributed by atoms with E-state index in [0.29, 0.717) is 33.3 Å². The van der Waals surface area contributed by atoms with Gasteiger partial charge in [-0.05, 0) is 73.4 Å². The molecule has 17 nitrogen and oxygen atoms in total. The molecule has 10 rings (SSSR count). The van der Waals surface area contributed by atoms with Crippen LogP contribution in [0.25, 0.3) is 0 Å². The third-order valence-electron chi connectivity index (χ3n) is 12.2. The first-order valence-corrected chi connectivity index (χ1v) is 23.0. The first kappa shape index (κ1) is 54.1. The van der Waals surface area contributed by atoms with Crippen molar-refractivity contribution in [2.75, 3.05) is 100.0 Å². The van der Waals surface area contributed by atoms with Crippen LogP contribution < -0.4 is 9.47 Å². The average molecular weight is 910 g/mol. The fourth-order valence-electron chi connectivity index (χ4n) is 7.49. The summed E-state index contributed by atoms with van der Waals surface area (Å²) in [7, 11) is 2.97. The number of nitrogens with zero attached hydrogens (tertiary/aromatic N) is 2. The second-order valence-corrected chi connectivity index (χ2v) is 19.9. The summed E-state index contributed by atoms with van der Waals surface area (Å²) < 4.78 is 68.3. The molecule has 9 heterocycles. The Morgan fingerprint density at radius 2 is 1.31 bits per heavy atom. The number of benzene rings is 1. The van der Waals surface area contributed by atoms with Gasteiger partial charge in [0.15, 0.2) is 24.6 Å². The normalized spacial score (nSPS) is 28.8. The maximum atomic E-state index is 10.7. The molecule has 9 aliphatic heterocycles. The molecular formula is C45H79B2N2O15+2. The standard InChI is InChI=1S/C9H18NO2.C7H6O2.2C7H14O2.C6H12O2.C5H7BNO4.C4H8BO/c1-2-3-4-10-5-7-11-9(10)12-8-6-10;1-2-4-7-6(3-1)8-5-9-7;1-6-4-7(2,3)9-5-8-6;1-6(2)7(3,4)9-5-8-6;1-6(2)3-7-5-8-4-6;1-7-2-4(8)10-6(7)11-5(9)3-7;1-2-4-6-5-3-1/h9H,2-8H2,1H3;1-4H,5H2;6H,4-5H2,1-3H3;5H2,1-4H3;3-5H2,1-2H3;2-3H2,1H3;1-4H2/q+1;;;;;+1;. The molecule has 0 saturated carbocycles. The van der Waals surface area contributed by atoms with Crippen molar-refractivity contribution in [3.8, 4) is 11.5 Å². The summed E-state index contributed by atoms with van der Waals surface area (Å²) in [6.07, 6.45) is 7.71. The van der Waals surface area contributed by atoms with Gasteiger partial charge in [-0.25, -0.2) is 9.59 Å². The van der Waals surface area contributed by atoms with Crippen LogP contribution in [-0.2, 0) is 61.4 Å². The number of unbranched alkanes of at least 4 members (excludes halogenated alkanes) is 1. The van der Waals surface area contributed by atoms with Crippen molar-refractivity contribution in [2.24, 2.45) is 5.41 Å². The number of rotatable bonds is 3. The number of hydrogen-bond donors (Lipinski definition) is 0. The van der Waals surface area contributed by atoms with Crippen LogP contribution in [0.5, 0.6) is 11.5 Å². The van der Waals surface area contributed by atoms with Crippen LogP contribution in [0, 0.1) is 5.41 Å². The predicted octanol–water partition coefficient (Wildman–Crippen LogP) is 5.84. The van der Waals surface area contributed by atoms with Crippen LogP contribution in [0.2, 0.25) is 6.32 Å². The van der Waals surface area contributed by atoms with Crippen LogP contribution >= 0.6 is 0 Å². The molecule has 1 radical (unpaired) electrons. The molecule has 64 heavy (non-hydrogen) atoms. The third-order valence-corrected chi connectivity index (χ3v) is 12.2. The lowest BCUT2D eigenvalue weighted by molar-refractivity contribution is -0.950. The smallest absolute Gasteiger partial charge is 0.454 e. The molecule has 0 spiro atoms. The van der Waals surface area contributed by atoms with Gasteiger partial charge in [0.1, 0.15) is 46.7 Å². The van der Waals surface area contributed by atoms with E-state index in [2.05, 4.69) is 41.5 Å². The lowest BCUT2D eigenvalue weighted by Gasteiger charge is -2.33. The number of carbonyl (C=O) groups is 2. The Hall–Kier alpha value is -2.55. The molecule has 1 unspecified atom stereocenters. The van der Waals surface area contributed by atoms with Gasteiger partial charge in [0.25, 0.3) is 7.48 Å². The third kappa shape index (κ3) is 17.3.